The minimum absolute atomic E-state index is 0.0772. The highest BCUT2D eigenvalue weighted by molar-refractivity contribution is 6.01. The summed E-state index contributed by atoms with van der Waals surface area (Å²) >= 11 is 0. The number of methoxy groups -OCH3 is 1. The number of ether oxygens (including phenoxy) is 2. The summed E-state index contributed by atoms with van der Waals surface area (Å²) in [6.45, 7) is 6.54. The molecule has 7 heteroatoms. The van der Waals surface area contributed by atoms with Crippen molar-refractivity contribution in [2.75, 3.05) is 25.5 Å². The summed E-state index contributed by atoms with van der Waals surface area (Å²) < 4.78 is 10.7. The Hall–Kier alpha value is -2.83. The highest BCUT2D eigenvalue weighted by atomic mass is 16.6. The highest BCUT2D eigenvalue weighted by Gasteiger charge is 2.30. The lowest BCUT2D eigenvalue weighted by molar-refractivity contribution is -0.121. The van der Waals surface area contributed by atoms with E-state index in [0.29, 0.717) is 37.5 Å². The standard InChI is InChI=1S/C21H27N3O4/c1-21(2,3)28-20(26)24-11-8-15(9-12-24)19(25)23-18-17-13-16(27-4)6-5-14(17)7-10-22-18/h5-7,10,13,15H,8-9,11-12H2,1-4H3,(H,22,23,25). The molecule has 0 spiro atoms. The molecule has 1 aromatic heterocycles. The number of piperidine rings is 1. The van der Waals surface area contributed by atoms with Crippen molar-refractivity contribution in [1.82, 2.24) is 9.88 Å². The molecule has 0 aliphatic carbocycles. The van der Waals surface area contributed by atoms with Crippen LogP contribution in [0.2, 0.25) is 0 Å². The lowest BCUT2D eigenvalue weighted by atomic mass is 9.96. The number of benzene rings is 1. The van der Waals surface area contributed by atoms with Gasteiger partial charge in [0, 0.05) is 30.6 Å². The zero-order valence-electron chi connectivity index (χ0n) is 16.8. The van der Waals surface area contributed by atoms with E-state index < -0.39 is 5.60 Å². The molecular formula is C21H27N3O4. The molecule has 1 aliphatic heterocycles. The second-order valence-corrected chi connectivity index (χ2v) is 7.98. The number of pyridine rings is 1. The molecule has 1 aromatic carbocycles. The van der Waals surface area contributed by atoms with Crippen molar-refractivity contribution in [3.05, 3.63) is 30.5 Å². The van der Waals surface area contributed by atoms with E-state index in [0.717, 1.165) is 10.8 Å². The fourth-order valence-corrected chi connectivity index (χ4v) is 3.24. The first-order chi connectivity index (χ1) is 13.3. The van der Waals surface area contributed by atoms with Gasteiger partial charge in [0.25, 0.3) is 0 Å². The molecule has 1 N–H and O–H groups in total. The molecule has 2 heterocycles. The zero-order valence-corrected chi connectivity index (χ0v) is 16.8. The van der Waals surface area contributed by atoms with Gasteiger partial charge in [-0.2, -0.15) is 0 Å². The number of rotatable bonds is 3. The van der Waals surface area contributed by atoms with Crippen LogP contribution in [0.3, 0.4) is 0 Å². The Balaban J connectivity index is 1.64. The molecule has 0 saturated carbocycles. The van der Waals surface area contributed by atoms with Crippen LogP contribution >= 0.6 is 0 Å². The average Bonchev–Trinajstić information content (AvgIpc) is 2.66. The van der Waals surface area contributed by atoms with Gasteiger partial charge < -0.3 is 19.7 Å². The number of carbonyl (C=O) groups is 2. The van der Waals surface area contributed by atoms with Gasteiger partial charge in [0.15, 0.2) is 0 Å². The predicted octanol–water partition coefficient (Wildman–Crippen LogP) is 3.83. The quantitative estimate of drug-likeness (QED) is 0.868. The number of likely N-dealkylation sites (tertiary alicyclic amines) is 1. The van der Waals surface area contributed by atoms with Crippen LogP contribution in [0.15, 0.2) is 30.5 Å². The number of aromatic nitrogens is 1. The second-order valence-electron chi connectivity index (χ2n) is 7.98. The molecule has 2 aromatic rings. The van der Waals surface area contributed by atoms with Gasteiger partial charge in [0.2, 0.25) is 5.91 Å². The van der Waals surface area contributed by atoms with E-state index in [4.69, 9.17) is 9.47 Å². The lowest BCUT2D eigenvalue weighted by Crippen LogP contribution is -2.43. The van der Waals surface area contributed by atoms with E-state index in [1.807, 2.05) is 45.0 Å². The van der Waals surface area contributed by atoms with Crippen LogP contribution in [0.25, 0.3) is 10.8 Å². The third-order valence-corrected chi connectivity index (χ3v) is 4.73. The summed E-state index contributed by atoms with van der Waals surface area (Å²) in [4.78, 5) is 30.9. The van der Waals surface area contributed by atoms with Crippen molar-refractivity contribution in [2.45, 2.75) is 39.2 Å². The van der Waals surface area contributed by atoms with Crippen molar-refractivity contribution in [1.29, 1.82) is 0 Å². The molecule has 1 saturated heterocycles. The maximum atomic E-state index is 12.8. The predicted molar refractivity (Wildman–Crippen MR) is 107 cm³/mol. The van der Waals surface area contributed by atoms with E-state index in [9.17, 15) is 9.59 Å². The number of amides is 2. The number of anilines is 1. The Kier molecular flexibility index (Phi) is 5.72. The number of hydrogen-bond donors (Lipinski definition) is 1. The average molecular weight is 385 g/mol. The Morgan fingerprint density at radius 2 is 1.89 bits per heavy atom. The van der Waals surface area contributed by atoms with E-state index in [1.165, 1.54) is 0 Å². The first-order valence-corrected chi connectivity index (χ1v) is 9.48. The Morgan fingerprint density at radius 3 is 2.54 bits per heavy atom. The number of carbonyl (C=O) groups excluding carboxylic acids is 2. The van der Waals surface area contributed by atoms with Gasteiger partial charge in [0.05, 0.1) is 7.11 Å². The van der Waals surface area contributed by atoms with E-state index >= 15 is 0 Å². The van der Waals surface area contributed by atoms with Crippen LogP contribution in [0, 0.1) is 5.92 Å². The molecule has 28 heavy (non-hydrogen) atoms. The summed E-state index contributed by atoms with van der Waals surface area (Å²) in [6, 6.07) is 7.57. The molecule has 0 unspecified atom stereocenters. The first kappa shape index (κ1) is 19.9. The molecule has 7 nitrogen and oxygen atoms in total. The van der Waals surface area contributed by atoms with Gasteiger partial charge in [-0.05, 0) is 57.2 Å². The highest BCUT2D eigenvalue weighted by Crippen LogP contribution is 2.27. The summed E-state index contributed by atoms with van der Waals surface area (Å²) in [5.41, 5.74) is -0.521. The van der Waals surface area contributed by atoms with Crippen LogP contribution in [-0.2, 0) is 9.53 Å². The molecule has 1 fully saturated rings. The van der Waals surface area contributed by atoms with Gasteiger partial charge in [-0.1, -0.05) is 6.07 Å². The van der Waals surface area contributed by atoms with Crippen LogP contribution in [0.4, 0.5) is 10.6 Å². The molecule has 2 amide bonds. The second kappa shape index (κ2) is 8.04. The maximum absolute atomic E-state index is 12.8. The first-order valence-electron chi connectivity index (χ1n) is 9.48. The number of nitrogens with one attached hydrogen (secondary N) is 1. The summed E-state index contributed by atoms with van der Waals surface area (Å²) in [5.74, 6) is 0.991. The topological polar surface area (TPSA) is 80.8 Å². The van der Waals surface area contributed by atoms with Gasteiger partial charge in [-0.15, -0.1) is 0 Å². The van der Waals surface area contributed by atoms with Gasteiger partial charge in [-0.25, -0.2) is 9.78 Å². The largest absolute Gasteiger partial charge is 0.497 e. The van der Waals surface area contributed by atoms with Crippen molar-refractivity contribution < 1.29 is 19.1 Å². The Labute approximate surface area is 165 Å². The third-order valence-electron chi connectivity index (χ3n) is 4.73. The Bertz CT molecular complexity index is 868. The van der Waals surface area contributed by atoms with E-state index in [1.54, 1.807) is 18.2 Å². The fourth-order valence-electron chi connectivity index (χ4n) is 3.24. The maximum Gasteiger partial charge on any atom is 0.410 e. The zero-order chi connectivity index (χ0) is 20.3. The number of nitrogens with zero attached hydrogens (tertiary/aromatic N) is 2. The third kappa shape index (κ3) is 4.71. The normalized spacial score (nSPS) is 15.4. The van der Waals surface area contributed by atoms with Crippen LogP contribution in [0.1, 0.15) is 33.6 Å². The summed E-state index contributed by atoms with van der Waals surface area (Å²) in [7, 11) is 1.61. The van der Waals surface area contributed by atoms with Gasteiger partial charge in [-0.3, -0.25) is 4.79 Å². The smallest absolute Gasteiger partial charge is 0.410 e. The minimum atomic E-state index is -0.521. The van der Waals surface area contributed by atoms with Crippen molar-refractivity contribution in [3.8, 4) is 5.75 Å². The van der Waals surface area contributed by atoms with E-state index in [-0.39, 0.29) is 17.9 Å². The molecule has 1 aliphatic rings. The fraction of sp³-hybridized carbons (Fsp3) is 0.476. The minimum Gasteiger partial charge on any atom is -0.497 e. The Morgan fingerprint density at radius 1 is 1.18 bits per heavy atom. The SMILES string of the molecule is COc1ccc2ccnc(NC(=O)C3CCN(C(=O)OC(C)(C)C)CC3)c2c1. The molecular weight excluding hydrogens is 358 g/mol. The van der Waals surface area contributed by atoms with Gasteiger partial charge >= 0.3 is 6.09 Å². The van der Waals surface area contributed by atoms with Gasteiger partial charge in [0.1, 0.15) is 17.2 Å². The molecule has 3 rings (SSSR count). The van der Waals surface area contributed by atoms with Crippen LogP contribution in [-0.4, -0.2) is 47.7 Å². The number of hydrogen-bond acceptors (Lipinski definition) is 5. The van der Waals surface area contributed by atoms with E-state index in [2.05, 4.69) is 10.3 Å². The lowest BCUT2D eigenvalue weighted by Gasteiger charge is -2.32. The summed E-state index contributed by atoms with van der Waals surface area (Å²) in [5, 5.41) is 4.76. The monoisotopic (exact) mass is 385 g/mol. The molecule has 0 atom stereocenters. The molecule has 150 valence electrons. The van der Waals surface area contributed by atoms with Crippen molar-refractivity contribution >= 4 is 28.6 Å². The van der Waals surface area contributed by atoms with Crippen LogP contribution < -0.4 is 10.1 Å². The summed E-state index contributed by atoms with van der Waals surface area (Å²) in [6.07, 6.45) is 2.54. The van der Waals surface area contributed by atoms with Crippen LogP contribution in [0.5, 0.6) is 5.75 Å². The number of fused-ring (bicyclic) bond motifs is 1. The molecule has 0 bridgehead atoms. The van der Waals surface area contributed by atoms with Crippen molar-refractivity contribution in [3.63, 3.8) is 0 Å². The molecule has 0 radical (unpaired) electrons. The van der Waals surface area contributed by atoms with Crippen molar-refractivity contribution in [2.24, 2.45) is 5.92 Å².